The van der Waals surface area contributed by atoms with Crippen LogP contribution in [0.2, 0.25) is 0 Å². The zero-order valence-corrected chi connectivity index (χ0v) is 19.4. The van der Waals surface area contributed by atoms with Gasteiger partial charge in [-0.05, 0) is 16.8 Å². The maximum absolute atomic E-state index is 13.1. The number of ether oxygens (including phenoxy) is 5. The van der Waals surface area contributed by atoms with Crippen molar-refractivity contribution < 1.29 is 59.1 Å². The van der Waals surface area contributed by atoms with E-state index in [2.05, 4.69) is 0 Å². The molecule has 12 heteroatoms. The smallest absolute Gasteiger partial charge is 0.339 e. The Balaban J connectivity index is 1.56. The molecule has 0 spiro atoms. The molecule has 36 heavy (non-hydrogen) atoms. The first-order valence-electron chi connectivity index (χ1n) is 11.4. The van der Waals surface area contributed by atoms with Crippen molar-refractivity contribution in [1.29, 1.82) is 0 Å². The SMILES string of the molecule is CO[C@@H]1O[C@H](CO)[C@@H](O[C@@H]2O[C@H](CO)[C@H](O)[C@H](O)[C@H]2O)[C@H](O)[C@H]1OC(=O)c1cccc2ccccc12. The second-order valence-corrected chi connectivity index (χ2v) is 8.65. The van der Waals surface area contributed by atoms with Crippen molar-refractivity contribution in [3.8, 4) is 0 Å². The van der Waals surface area contributed by atoms with E-state index in [-0.39, 0.29) is 5.56 Å². The van der Waals surface area contributed by atoms with E-state index >= 15 is 0 Å². The number of aliphatic hydroxyl groups is 6. The summed E-state index contributed by atoms with van der Waals surface area (Å²) in [6.07, 6.45) is -14.9. The summed E-state index contributed by atoms with van der Waals surface area (Å²) in [6, 6.07) is 12.3. The standard InChI is InChI=1S/C24H30O12/c1-32-24-21(35-22(31)13-8-4-6-11-5-2-3-7-12(11)13)19(30)20(15(10-26)34-24)36-23-18(29)17(28)16(27)14(9-25)33-23/h2-8,14-21,23-30H,9-10H2,1H3/t14-,15-,16+,17+,18-,19+,20-,21-,23+,24-/m1/s1. The van der Waals surface area contributed by atoms with Crippen molar-refractivity contribution >= 4 is 16.7 Å². The molecule has 2 aliphatic rings. The number of fused-ring (bicyclic) bond motifs is 1. The summed E-state index contributed by atoms with van der Waals surface area (Å²) in [5, 5.41) is 62.2. The zero-order chi connectivity index (χ0) is 26.0. The predicted molar refractivity (Wildman–Crippen MR) is 121 cm³/mol. The highest BCUT2D eigenvalue weighted by Gasteiger charge is 2.52. The third kappa shape index (κ3) is 5.10. The zero-order valence-electron chi connectivity index (χ0n) is 19.4. The van der Waals surface area contributed by atoms with E-state index in [0.29, 0.717) is 5.39 Å². The molecule has 6 N–H and O–H groups in total. The summed E-state index contributed by atoms with van der Waals surface area (Å²) in [7, 11) is 1.27. The van der Waals surface area contributed by atoms with Crippen LogP contribution in [0.4, 0.5) is 0 Å². The lowest BCUT2D eigenvalue weighted by atomic mass is 9.96. The predicted octanol–water partition coefficient (Wildman–Crippen LogP) is -1.73. The Hall–Kier alpha value is -2.23. The molecular weight excluding hydrogens is 480 g/mol. The van der Waals surface area contributed by atoms with Gasteiger partial charge in [0, 0.05) is 7.11 Å². The molecule has 0 amide bonds. The van der Waals surface area contributed by atoms with Gasteiger partial charge in [-0.2, -0.15) is 0 Å². The van der Waals surface area contributed by atoms with Crippen molar-refractivity contribution in [1.82, 2.24) is 0 Å². The largest absolute Gasteiger partial charge is 0.450 e. The van der Waals surface area contributed by atoms with Gasteiger partial charge in [-0.1, -0.05) is 36.4 Å². The molecule has 4 rings (SSSR count). The van der Waals surface area contributed by atoms with E-state index in [4.69, 9.17) is 23.7 Å². The summed E-state index contributed by atoms with van der Waals surface area (Å²) in [4.78, 5) is 13.1. The second-order valence-electron chi connectivity index (χ2n) is 8.65. The molecule has 0 radical (unpaired) electrons. The van der Waals surface area contributed by atoms with Crippen LogP contribution in [0.3, 0.4) is 0 Å². The Bertz CT molecular complexity index is 1030. The van der Waals surface area contributed by atoms with E-state index < -0.39 is 80.6 Å². The molecule has 0 unspecified atom stereocenters. The minimum atomic E-state index is -1.76. The van der Waals surface area contributed by atoms with E-state index in [9.17, 15) is 35.4 Å². The summed E-state index contributed by atoms with van der Waals surface area (Å²) in [5.41, 5.74) is 0.242. The van der Waals surface area contributed by atoms with Gasteiger partial charge in [-0.25, -0.2) is 4.79 Å². The molecule has 2 aromatic rings. The van der Waals surface area contributed by atoms with Crippen molar-refractivity contribution in [2.24, 2.45) is 0 Å². The third-order valence-corrected chi connectivity index (χ3v) is 6.42. The maximum Gasteiger partial charge on any atom is 0.339 e. The Morgan fingerprint density at radius 1 is 0.806 bits per heavy atom. The Morgan fingerprint density at radius 3 is 2.17 bits per heavy atom. The van der Waals surface area contributed by atoms with Gasteiger partial charge >= 0.3 is 5.97 Å². The normalized spacial score (nSPS) is 37.1. The van der Waals surface area contributed by atoms with Crippen molar-refractivity contribution in [2.75, 3.05) is 20.3 Å². The Kier molecular flexibility index (Phi) is 8.52. The number of hydrogen-bond acceptors (Lipinski definition) is 12. The molecule has 0 aliphatic carbocycles. The molecule has 198 valence electrons. The van der Waals surface area contributed by atoms with Crippen molar-refractivity contribution in [2.45, 2.75) is 61.4 Å². The molecule has 2 fully saturated rings. The van der Waals surface area contributed by atoms with Crippen LogP contribution in [0.15, 0.2) is 42.5 Å². The molecule has 2 heterocycles. The average Bonchev–Trinajstić information content (AvgIpc) is 2.90. The number of aliphatic hydroxyl groups excluding tert-OH is 6. The second kappa shape index (κ2) is 11.4. The van der Waals surface area contributed by atoms with Gasteiger partial charge in [0.25, 0.3) is 0 Å². The van der Waals surface area contributed by atoms with Crippen LogP contribution in [0.1, 0.15) is 10.4 Å². The number of esters is 1. The molecule has 12 nitrogen and oxygen atoms in total. The topological polar surface area (TPSA) is 185 Å². The van der Waals surface area contributed by atoms with Gasteiger partial charge in [0.2, 0.25) is 0 Å². The van der Waals surface area contributed by atoms with Gasteiger partial charge in [0.15, 0.2) is 18.7 Å². The first kappa shape index (κ1) is 26.8. The monoisotopic (exact) mass is 510 g/mol. The first-order valence-corrected chi connectivity index (χ1v) is 11.4. The van der Waals surface area contributed by atoms with Crippen molar-refractivity contribution in [3.63, 3.8) is 0 Å². The number of methoxy groups -OCH3 is 1. The lowest BCUT2D eigenvalue weighted by Crippen LogP contribution is -2.65. The number of rotatable bonds is 7. The van der Waals surface area contributed by atoms with E-state index in [1.165, 1.54) is 7.11 Å². The van der Waals surface area contributed by atoms with E-state index in [1.54, 1.807) is 24.3 Å². The Labute approximate surface area is 206 Å². The Morgan fingerprint density at radius 2 is 1.47 bits per heavy atom. The quantitative estimate of drug-likeness (QED) is 0.232. The van der Waals surface area contributed by atoms with E-state index in [0.717, 1.165) is 5.39 Å². The molecule has 2 saturated heterocycles. The fourth-order valence-electron chi connectivity index (χ4n) is 4.45. The summed E-state index contributed by atoms with van der Waals surface area (Å²) in [5.74, 6) is -0.768. The summed E-state index contributed by atoms with van der Waals surface area (Å²) >= 11 is 0. The number of hydrogen-bond donors (Lipinski definition) is 6. The van der Waals surface area contributed by atoms with E-state index in [1.807, 2.05) is 18.2 Å². The molecule has 0 bridgehead atoms. The minimum absolute atomic E-state index is 0.242. The van der Waals surface area contributed by atoms with Gasteiger partial charge in [-0.15, -0.1) is 0 Å². The molecular formula is C24H30O12. The van der Waals surface area contributed by atoms with Crippen LogP contribution in [-0.4, -0.2) is 118 Å². The van der Waals surface area contributed by atoms with Gasteiger partial charge in [-0.3, -0.25) is 0 Å². The lowest BCUT2D eigenvalue weighted by Gasteiger charge is -2.46. The summed E-state index contributed by atoms with van der Waals surface area (Å²) < 4.78 is 27.5. The molecule has 2 aromatic carbocycles. The first-order chi connectivity index (χ1) is 17.3. The molecule has 0 aromatic heterocycles. The third-order valence-electron chi connectivity index (χ3n) is 6.42. The van der Waals surface area contributed by atoms with Crippen LogP contribution in [0.25, 0.3) is 10.8 Å². The van der Waals surface area contributed by atoms with Crippen molar-refractivity contribution in [3.05, 3.63) is 48.0 Å². The maximum atomic E-state index is 13.1. The van der Waals surface area contributed by atoms with Gasteiger partial charge in [0.05, 0.1) is 18.8 Å². The fraction of sp³-hybridized carbons (Fsp3) is 0.542. The minimum Gasteiger partial charge on any atom is -0.450 e. The van der Waals surface area contributed by atoms with Crippen LogP contribution in [-0.2, 0) is 23.7 Å². The highest BCUT2D eigenvalue weighted by molar-refractivity contribution is 6.04. The number of carbonyl (C=O) groups is 1. The fourth-order valence-corrected chi connectivity index (χ4v) is 4.45. The van der Waals surface area contributed by atoms with Crippen LogP contribution < -0.4 is 0 Å². The van der Waals surface area contributed by atoms with Crippen LogP contribution in [0.5, 0.6) is 0 Å². The molecule has 10 atom stereocenters. The highest BCUT2D eigenvalue weighted by Crippen LogP contribution is 2.31. The number of benzene rings is 2. The van der Waals surface area contributed by atoms with Gasteiger partial charge in [0.1, 0.15) is 42.7 Å². The van der Waals surface area contributed by atoms with Crippen LogP contribution in [0, 0.1) is 0 Å². The number of carbonyl (C=O) groups excluding carboxylic acids is 1. The summed E-state index contributed by atoms with van der Waals surface area (Å²) in [6.45, 7) is -1.34. The molecule has 2 aliphatic heterocycles. The molecule has 0 saturated carbocycles. The average molecular weight is 510 g/mol. The van der Waals surface area contributed by atoms with Crippen LogP contribution >= 0.6 is 0 Å². The highest BCUT2D eigenvalue weighted by atomic mass is 16.7. The lowest BCUT2D eigenvalue weighted by molar-refractivity contribution is -0.356. The van der Waals surface area contributed by atoms with Gasteiger partial charge < -0.3 is 54.3 Å².